The largest absolute Gasteiger partial charge is 0.756 e. The minimum Gasteiger partial charge on any atom is -0.756 e. The van der Waals surface area contributed by atoms with Gasteiger partial charge in [-0.25, -0.2) is 0 Å². The fourth-order valence-corrected chi connectivity index (χ4v) is 8.18. The Morgan fingerprint density at radius 3 is 1.45 bits per heavy atom. The number of carbonyl (C=O) groups excluding carboxylic acids is 1. The number of aliphatic hydroxyl groups is 1. The van der Waals surface area contributed by atoms with Crippen LogP contribution in [0.3, 0.4) is 0 Å². The van der Waals surface area contributed by atoms with Gasteiger partial charge < -0.3 is 28.8 Å². The lowest BCUT2D eigenvalue weighted by atomic mass is 10.0. The van der Waals surface area contributed by atoms with Gasteiger partial charge in [0.25, 0.3) is 7.82 Å². The predicted octanol–water partition coefficient (Wildman–Crippen LogP) is 13.5. The highest BCUT2D eigenvalue weighted by Crippen LogP contribution is 2.38. The molecule has 0 saturated heterocycles. The summed E-state index contributed by atoms with van der Waals surface area (Å²) in [4.78, 5) is 25.3. The fourth-order valence-electron chi connectivity index (χ4n) is 7.46. The molecular weight excluding hydrogens is 744 g/mol. The van der Waals surface area contributed by atoms with Gasteiger partial charge in [-0.15, -0.1) is 0 Å². The van der Waals surface area contributed by atoms with Crippen LogP contribution in [0.5, 0.6) is 0 Å². The number of nitrogens with one attached hydrogen (secondary N) is 1. The van der Waals surface area contributed by atoms with Crippen molar-refractivity contribution >= 4 is 13.7 Å². The van der Waals surface area contributed by atoms with Gasteiger partial charge >= 0.3 is 0 Å². The van der Waals surface area contributed by atoms with Crippen molar-refractivity contribution in [2.75, 3.05) is 40.9 Å². The fraction of sp³-hybridized carbons (Fsp3) is 0.939. The van der Waals surface area contributed by atoms with Gasteiger partial charge in [0.05, 0.1) is 39.9 Å². The molecule has 0 fully saturated rings. The molecule has 1 unspecified atom stereocenters. The minimum atomic E-state index is -4.58. The number of hydrogen-bond acceptors (Lipinski definition) is 6. The first-order valence-electron chi connectivity index (χ1n) is 24.9. The number of phosphoric ester groups is 1. The summed E-state index contributed by atoms with van der Waals surface area (Å²) in [5.74, 6) is 0.593. The van der Waals surface area contributed by atoms with Crippen LogP contribution in [0.1, 0.15) is 239 Å². The van der Waals surface area contributed by atoms with E-state index in [-0.39, 0.29) is 19.1 Å². The standard InChI is InChI=1S/C49H99N2O6P/c1-7-8-9-10-11-12-13-14-15-16-17-18-19-20-21-22-23-24-25-26-30-33-36-39-42-49(53)50-47(45-57-58(54,55)56-44-43-51(4,5)6)48(52)41-38-35-32-29-27-28-31-34-37-40-46(2)3/h38,41,46-48,52H,7-37,39-40,42-45H2,1-6H3,(H-,50,53,54,55)/b41-38+/t47-,48+/m0/s1. The van der Waals surface area contributed by atoms with Crippen LogP contribution in [0.4, 0.5) is 0 Å². The van der Waals surface area contributed by atoms with E-state index in [1.807, 2.05) is 27.2 Å². The molecule has 0 spiro atoms. The summed E-state index contributed by atoms with van der Waals surface area (Å²) in [6, 6.07) is -0.881. The zero-order valence-electron chi connectivity index (χ0n) is 39.4. The summed E-state index contributed by atoms with van der Waals surface area (Å²) in [5.41, 5.74) is 0. The second kappa shape index (κ2) is 40.3. The van der Waals surface area contributed by atoms with Crippen molar-refractivity contribution in [2.24, 2.45) is 5.92 Å². The van der Waals surface area contributed by atoms with E-state index < -0.39 is 20.0 Å². The molecule has 0 aliphatic carbocycles. The molecule has 0 aromatic heterocycles. The van der Waals surface area contributed by atoms with Gasteiger partial charge in [0, 0.05) is 6.42 Å². The van der Waals surface area contributed by atoms with E-state index in [1.54, 1.807) is 6.08 Å². The second-order valence-electron chi connectivity index (χ2n) is 19.0. The van der Waals surface area contributed by atoms with Crippen molar-refractivity contribution in [3.8, 4) is 0 Å². The van der Waals surface area contributed by atoms with Gasteiger partial charge in [-0.1, -0.05) is 226 Å². The molecular formula is C49H99N2O6P. The number of phosphoric acid groups is 1. The lowest BCUT2D eigenvalue weighted by Gasteiger charge is -2.29. The topological polar surface area (TPSA) is 108 Å². The Kier molecular flexibility index (Phi) is 39.8. The highest BCUT2D eigenvalue weighted by atomic mass is 31.2. The zero-order valence-corrected chi connectivity index (χ0v) is 40.3. The second-order valence-corrected chi connectivity index (χ2v) is 20.4. The SMILES string of the molecule is CCCCCCCCCCCCCCCCCCCCCCCCCCC(=O)N[C@@H](COP(=O)([O-])OCC[N+](C)(C)C)[C@H](O)/C=C/CCCCCCCCCC(C)C. The van der Waals surface area contributed by atoms with Crippen LogP contribution in [0.25, 0.3) is 0 Å². The maximum absolute atomic E-state index is 12.9. The summed E-state index contributed by atoms with van der Waals surface area (Å²) in [5, 5.41) is 13.8. The Morgan fingerprint density at radius 2 is 1.03 bits per heavy atom. The Balaban J connectivity index is 4.17. The summed E-state index contributed by atoms with van der Waals surface area (Å²) < 4.78 is 23.2. The molecule has 2 N–H and O–H groups in total. The lowest BCUT2D eigenvalue weighted by Crippen LogP contribution is -2.45. The average Bonchev–Trinajstić information content (AvgIpc) is 3.16. The number of unbranched alkanes of at least 4 members (excludes halogenated alkanes) is 30. The molecule has 0 rings (SSSR count). The van der Waals surface area contributed by atoms with Crippen molar-refractivity contribution in [1.29, 1.82) is 0 Å². The Bertz CT molecular complexity index is 971. The molecule has 3 atom stereocenters. The first-order valence-corrected chi connectivity index (χ1v) is 26.4. The van der Waals surface area contributed by atoms with E-state index >= 15 is 0 Å². The molecule has 0 aromatic carbocycles. The molecule has 0 bridgehead atoms. The van der Waals surface area contributed by atoms with E-state index in [1.165, 1.54) is 173 Å². The summed E-state index contributed by atoms with van der Waals surface area (Å²) in [6.45, 7) is 6.98. The van der Waals surface area contributed by atoms with Crippen LogP contribution in [0.2, 0.25) is 0 Å². The highest BCUT2D eigenvalue weighted by molar-refractivity contribution is 7.45. The highest BCUT2D eigenvalue weighted by Gasteiger charge is 2.23. The van der Waals surface area contributed by atoms with Crippen molar-refractivity contribution in [3.63, 3.8) is 0 Å². The minimum absolute atomic E-state index is 0.00126. The van der Waals surface area contributed by atoms with Crippen LogP contribution in [0, 0.1) is 5.92 Å². The van der Waals surface area contributed by atoms with E-state index in [2.05, 4.69) is 26.1 Å². The number of allylic oxidation sites excluding steroid dienone is 1. The lowest BCUT2D eigenvalue weighted by molar-refractivity contribution is -0.870. The molecule has 8 nitrogen and oxygen atoms in total. The average molecular weight is 843 g/mol. The molecule has 9 heteroatoms. The number of likely N-dealkylation sites (N-methyl/N-ethyl adjacent to an activating group) is 1. The molecule has 0 radical (unpaired) electrons. The van der Waals surface area contributed by atoms with E-state index in [9.17, 15) is 19.4 Å². The maximum Gasteiger partial charge on any atom is 0.268 e. The van der Waals surface area contributed by atoms with Gasteiger partial charge in [-0.3, -0.25) is 9.36 Å². The molecule has 58 heavy (non-hydrogen) atoms. The van der Waals surface area contributed by atoms with Crippen molar-refractivity contribution in [2.45, 2.75) is 251 Å². The maximum atomic E-state index is 12.9. The Labute approximate surface area is 361 Å². The molecule has 0 aliphatic rings. The number of hydrogen-bond donors (Lipinski definition) is 2. The molecule has 346 valence electrons. The number of aliphatic hydroxyl groups excluding tert-OH is 1. The van der Waals surface area contributed by atoms with Crippen LogP contribution >= 0.6 is 7.82 Å². The van der Waals surface area contributed by atoms with Gasteiger partial charge in [0.1, 0.15) is 13.2 Å². The third-order valence-electron chi connectivity index (χ3n) is 11.4. The molecule has 1 amide bonds. The summed E-state index contributed by atoms with van der Waals surface area (Å²) >= 11 is 0. The molecule has 0 aromatic rings. The normalized spacial score (nSPS) is 14.4. The van der Waals surface area contributed by atoms with E-state index in [4.69, 9.17) is 9.05 Å². The van der Waals surface area contributed by atoms with Gasteiger partial charge in [0.15, 0.2) is 0 Å². The first kappa shape index (κ1) is 57.2. The first-order chi connectivity index (χ1) is 27.9. The van der Waals surface area contributed by atoms with Crippen LogP contribution in [-0.4, -0.2) is 68.5 Å². The number of carbonyl (C=O) groups is 1. The zero-order chi connectivity index (χ0) is 43.0. The van der Waals surface area contributed by atoms with Crippen LogP contribution in [-0.2, 0) is 18.4 Å². The third kappa shape index (κ3) is 43.3. The molecule has 0 heterocycles. The third-order valence-corrected chi connectivity index (χ3v) is 12.4. The van der Waals surface area contributed by atoms with Crippen LogP contribution < -0.4 is 10.2 Å². The van der Waals surface area contributed by atoms with Crippen LogP contribution in [0.15, 0.2) is 12.2 Å². The summed E-state index contributed by atoms with van der Waals surface area (Å²) in [7, 11) is 1.27. The van der Waals surface area contributed by atoms with Gasteiger partial charge in [-0.2, -0.15) is 0 Å². The van der Waals surface area contributed by atoms with E-state index in [0.29, 0.717) is 17.4 Å². The summed E-state index contributed by atoms with van der Waals surface area (Å²) in [6.07, 6.45) is 45.7. The number of quaternary nitrogens is 1. The number of amides is 1. The quantitative estimate of drug-likeness (QED) is 0.0274. The number of nitrogens with zero attached hydrogens (tertiary/aromatic N) is 1. The Morgan fingerprint density at radius 1 is 0.638 bits per heavy atom. The van der Waals surface area contributed by atoms with Crippen molar-refractivity contribution in [3.05, 3.63) is 12.2 Å². The molecule has 0 saturated carbocycles. The van der Waals surface area contributed by atoms with E-state index in [0.717, 1.165) is 44.4 Å². The smallest absolute Gasteiger partial charge is 0.268 e. The predicted molar refractivity (Wildman–Crippen MR) is 247 cm³/mol. The van der Waals surface area contributed by atoms with Gasteiger partial charge in [-0.05, 0) is 25.2 Å². The monoisotopic (exact) mass is 843 g/mol. The van der Waals surface area contributed by atoms with Crippen molar-refractivity contribution < 1.29 is 32.9 Å². The molecule has 0 aliphatic heterocycles. The van der Waals surface area contributed by atoms with Crippen molar-refractivity contribution in [1.82, 2.24) is 5.32 Å². The number of rotatable bonds is 45. The van der Waals surface area contributed by atoms with Gasteiger partial charge in [0.2, 0.25) is 5.91 Å². The Hall–Kier alpha value is -0.760.